The molecule has 1 aliphatic heterocycles. The molecule has 5 nitrogen and oxygen atoms in total. The highest BCUT2D eigenvalue weighted by atomic mass is 19.2. The van der Waals surface area contributed by atoms with Gasteiger partial charge in [-0.2, -0.15) is 0 Å². The smallest absolute Gasteiger partial charge is 0.275 e. The first-order valence-corrected chi connectivity index (χ1v) is 10.1. The minimum absolute atomic E-state index is 0.142. The third-order valence-corrected chi connectivity index (χ3v) is 5.75. The number of aryl methyl sites for hydroxylation is 1. The molecule has 0 aromatic heterocycles. The van der Waals surface area contributed by atoms with Crippen LogP contribution >= 0.6 is 0 Å². The van der Waals surface area contributed by atoms with Crippen molar-refractivity contribution in [3.8, 4) is 0 Å². The quantitative estimate of drug-likeness (QED) is 0.820. The van der Waals surface area contributed by atoms with Gasteiger partial charge < -0.3 is 10.2 Å². The molecule has 1 N–H and O–H groups in total. The molecule has 0 atom stereocenters. The van der Waals surface area contributed by atoms with Gasteiger partial charge in [0, 0.05) is 17.3 Å². The highest BCUT2D eigenvalue weighted by Gasteiger charge is 2.48. The largest absolute Gasteiger partial charge is 0.324 e. The molecule has 1 fully saturated rings. The minimum atomic E-state index is -1.04. The maximum Gasteiger partial charge on any atom is 0.275 e. The van der Waals surface area contributed by atoms with Gasteiger partial charge in [-0.05, 0) is 44.7 Å². The van der Waals surface area contributed by atoms with E-state index in [4.69, 9.17) is 4.99 Å². The number of halogens is 2. The van der Waals surface area contributed by atoms with Crippen molar-refractivity contribution in [3.05, 3.63) is 65.2 Å². The lowest BCUT2D eigenvalue weighted by atomic mass is 9.88. The third-order valence-electron chi connectivity index (χ3n) is 5.75. The second kappa shape index (κ2) is 7.97. The predicted molar refractivity (Wildman–Crippen MR) is 110 cm³/mol. The first-order valence-electron chi connectivity index (χ1n) is 10.1. The van der Waals surface area contributed by atoms with E-state index in [0.29, 0.717) is 18.6 Å². The van der Waals surface area contributed by atoms with Gasteiger partial charge >= 0.3 is 0 Å². The lowest BCUT2D eigenvalue weighted by Gasteiger charge is -2.38. The molecule has 0 unspecified atom stereocenters. The number of amides is 2. The second-order valence-corrected chi connectivity index (χ2v) is 7.94. The number of nitrogens with one attached hydrogen (secondary N) is 1. The van der Waals surface area contributed by atoms with E-state index in [9.17, 15) is 18.4 Å². The van der Waals surface area contributed by atoms with E-state index in [0.717, 1.165) is 42.5 Å². The van der Waals surface area contributed by atoms with Gasteiger partial charge in [0.1, 0.15) is 17.9 Å². The highest BCUT2D eigenvalue weighted by Crippen LogP contribution is 2.39. The Kier molecular flexibility index (Phi) is 5.37. The Morgan fingerprint density at radius 3 is 2.43 bits per heavy atom. The summed E-state index contributed by atoms with van der Waals surface area (Å²) in [4.78, 5) is 32.3. The molecule has 2 aromatic carbocycles. The van der Waals surface area contributed by atoms with E-state index < -0.39 is 23.2 Å². The van der Waals surface area contributed by atoms with Gasteiger partial charge in [-0.3, -0.25) is 14.6 Å². The fourth-order valence-electron chi connectivity index (χ4n) is 4.17. The van der Waals surface area contributed by atoms with Crippen LogP contribution in [0.5, 0.6) is 0 Å². The van der Waals surface area contributed by atoms with Gasteiger partial charge in [0.15, 0.2) is 11.6 Å². The Balaban J connectivity index is 1.57. The van der Waals surface area contributed by atoms with Crippen molar-refractivity contribution in [2.45, 2.75) is 44.7 Å². The SMILES string of the molecule is Cc1ccc(C2=NC3(CCCCC3)N(CC(=O)Nc3ccc(F)c(F)c3)C2=O)cc1. The summed E-state index contributed by atoms with van der Waals surface area (Å²) in [5.41, 5.74) is 1.61. The molecule has 2 amide bonds. The van der Waals surface area contributed by atoms with E-state index >= 15 is 0 Å². The van der Waals surface area contributed by atoms with Crippen molar-refractivity contribution in [2.24, 2.45) is 4.99 Å². The normalized spacial score (nSPS) is 17.9. The summed E-state index contributed by atoms with van der Waals surface area (Å²) in [5.74, 6) is -2.78. The highest BCUT2D eigenvalue weighted by molar-refractivity contribution is 6.47. The summed E-state index contributed by atoms with van der Waals surface area (Å²) in [6.45, 7) is 1.77. The number of carbonyl (C=O) groups is 2. The predicted octanol–water partition coefficient (Wildman–Crippen LogP) is 4.20. The molecule has 0 saturated heterocycles. The minimum Gasteiger partial charge on any atom is -0.324 e. The first kappa shape index (κ1) is 20.2. The zero-order valence-corrected chi connectivity index (χ0v) is 16.8. The third kappa shape index (κ3) is 3.84. The van der Waals surface area contributed by atoms with E-state index in [2.05, 4.69) is 5.32 Å². The number of hydrogen-bond donors (Lipinski definition) is 1. The van der Waals surface area contributed by atoms with Crippen molar-refractivity contribution in [1.29, 1.82) is 0 Å². The molecule has 1 aliphatic carbocycles. The number of rotatable bonds is 4. The van der Waals surface area contributed by atoms with E-state index in [1.807, 2.05) is 31.2 Å². The van der Waals surface area contributed by atoms with Gasteiger partial charge in [-0.15, -0.1) is 0 Å². The lowest BCUT2D eigenvalue weighted by molar-refractivity contribution is -0.134. The van der Waals surface area contributed by atoms with Crippen LogP contribution in [0.1, 0.15) is 43.2 Å². The van der Waals surface area contributed by atoms with Crippen LogP contribution in [0, 0.1) is 18.6 Å². The van der Waals surface area contributed by atoms with E-state index in [1.165, 1.54) is 11.0 Å². The maximum atomic E-state index is 13.4. The molecule has 0 radical (unpaired) electrons. The summed E-state index contributed by atoms with van der Waals surface area (Å²) in [5, 5.41) is 2.55. The monoisotopic (exact) mass is 411 g/mol. The van der Waals surface area contributed by atoms with Crippen molar-refractivity contribution in [2.75, 3.05) is 11.9 Å². The van der Waals surface area contributed by atoms with Crippen molar-refractivity contribution < 1.29 is 18.4 Å². The van der Waals surface area contributed by atoms with Crippen LogP contribution in [-0.2, 0) is 9.59 Å². The molecule has 7 heteroatoms. The van der Waals surface area contributed by atoms with Gasteiger partial charge in [-0.1, -0.05) is 36.2 Å². The van der Waals surface area contributed by atoms with Gasteiger partial charge in [-0.25, -0.2) is 8.78 Å². The zero-order chi connectivity index (χ0) is 21.3. The summed E-state index contributed by atoms with van der Waals surface area (Å²) in [7, 11) is 0. The molecule has 156 valence electrons. The summed E-state index contributed by atoms with van der Waals surface area (Å²) >= 11 is 0. The Hall–Kier alpha value is -3.09. The fourth-order valence-corrected chi connectivity index (χ4v) is 4.17. The molecule has 1 spiro atoms. The first-order chi connectivity index (χ1) is 14.4. The molecule has 1 heterocycles. The summed E-state index contributed by atoms with van der Waals surface area (Å²) < 4.78 is 26.6. The number of carbonyl (C=O) groups excluding carboxylic acids is 2. The van der Waals surface area contributed by atoms with Crippen molar-refractivity contribution in [1.82, 2.24) is 4.90 Å². The van der Waals surface area contributed by atoms with E-state index in [1.54, 1.807) is 0 Å². The Morgan fingerprint density at radius 1 is 1.07 bits per heavy atom. The fraction of sp³-hybridized carbons (Fsp3) is 0.348. The Labute approximate surface area is 173 Å². The van der Waals surface area contributed by atoms with Gasteiger partial charge in [0.05, 0.1) is 0 Å². The Bertz CT molecular complexity index is 1010. The molecular weight excluding hydrogens is 388 g/mol. The van der Waals surface area contributed by atoms with E-state index in [-0.39, 0.29) is 18.1 Å². The Morgan fingerprint density at radius 2 is 1.77 bits per heavy atom. The van der Waals surface area contributed by atoms with Crippen molar-refractivity contribution >= 4 is 23.2 Å². The molecule has 30 heavy (non-hydrogen) atoms. The molecular formula is C23H23F2N3O2. The number of hydrogen-bond acceptors (Lipinski definition) is 3. The number of nitrogens with zero attached hydrogens (tertiary/aromatic N) is 2. The number of anilines is 1. The zero-order valence-electron chi connectivity index (χ0n) is 16.8. The van der Waals surface area contributed by atoms with Gasteiger partial charge in [0.2, 0.25) is 5.91 Å². The average molecular weight is 411 g/mol. The second-order valence-electron chi connectivity index (χ2n) is 7.94. The maximum absolute atomic E-state index is 13.4. The molecule has 2 aromatic rings. The van der Waals surface area contributed by atoms with Crippen LogP contribution < -0.4 is 5.32 Å². The topological polar surface area (TPSA) is 61.8 Å². The lowest BCUT2D eigenvalue weighted by Crippen LogP contribution is -2.51. The summed E-state index contributed by atoms with van der Waals surface area (Å²) in [6, 6.07) is 10.7. The molecule has 1 saturated carbocycles. The number of benzene rings is 2. The molecule has 4 rings (SSSR count). The number of aliphatic imine (C=N–C) groups is 1. The van der Waals surface area contributed by atoms with Crippen LogP contribution in [0.4, 0.5) is 14.5 Å². The van der Waals surface area contributed by atoms with Crippen LogP contribution in [0.15, 0.2) is 47.5 Å². The van der Waals surface area contributed by atoms with Crippen LogP contribution in [0.2, 0.25) is 0 Å². The van der Waals surface area contributed by atoms with Crippen molar-refractivity contribution in [3.63, 3.8) is 0 Å². The standard InChI is InChI=1S/C23H23F2N3O2/c1-15-5-7-16(8-6-15)21-22(30)28(23(27-21)11-3-2-4-12-23)14-20(29)26-17-9-10-18(24)19(25)13-17/h5-10,13H,2-4,11-12,14H2,1H3,(H,26,29). The molecule has 2 aliphatic rings. The average Bonchev–Trinajstić information content (AvgIpc) is 2.98. The van der Waals surface area contributed by atoms with Crippen LogP contribution in [-0.4, -0.2) is 34.6 Å². The summed E-state index contributed by atoms with van der Waals surface area (Å²) in [6.07, 6.45) is 4.33. The van der Waals surface area contributed by atoms with Gasteiger partial charge in [0.25, 0.3) is 5.91 Å². The van der Waals surface area contributed by atoms with Crippen LogP contribution in [0.25, 0.3) is 0 Å². The molecule has 0 bridgehead atoms. The van der Waals surface area contributed by atoms with Crippen LogP contribution in [0.3, 0.4) is 0 Å².